The first kappa shape index (κ1) is 22.2. The number of aryl methyl sites for hydroxylation is 1. The quantitative estimate of drug-likeness (QED) is 0.329. The third-order valence-corrected chi connectivity index (χ3v) is 4.55. The van der Waals surface area contributed by atoms with Crippen molar-refractivity contribution in [2.24, 2.45) is 0 Å². The molecule has 0 bridgehead atoms. The van der Waals surface area contributed by atoms with Crippen LogP contribution in [-0.2, 0) is 4.79 Å². The van der Waals surface area contributed by atoms with E-state index in [0.29, 0.717) is 22.6 Å². The van der Waals surface area contributed by atoms with Gasteiger partial charge in [0.05, 0.1) is 12.0 Å². The fraction of sp³-hybridized carbons (Fsp3) is 0.0833. The third kappa shape index (κ3) is 5.79. The first-order chi connectivity index (χ1) is 15.4. The third-order valence-electron chi connectivity index (χ3n) is 4.55. The van der Waals surface area contributed by atoms with Gasteiger partial charge in [-0.1, -0.05) is 29.8 Å². The summed E-state index contributed by atoms with van der Waals surface area (Å²) in [5, 5.41) is 16.4. The Balaban J connectivity index is 1.91. The zero-order valence-corrected chi connectivity index (χ0v) is 17.5. The lowest BCUT2D eigenvalue weighted by atomic mass is 10.1. The van der Waals surface area contributed by atoms with Crippen LogP contribution >= 0.6 is 0 Å². The summed E-state index contributed by atoms with van der Waals surface area (Å²) in [4.78, 5) is 36.2. The van der Waals surface area contributed by atoms with Crippen LogP contribution in [-0.4, -0.2) is 23.8 Å². The van der Waals surface area contributed by atoms with E-state index >= 15 is 0 Å². The highest BCUT2D eigenvalue weighted by atomic mass is 16.6. The number of nitro benzene ring substituents is 1. The minimum absolute atomic E-state index is 0.0631. The van der Waals surface area contributed by atoms with Crippen molar-refractivity contribution in [3.05, 3.63) is 105 Å². The molecule has 3 rings (SSSR count). The number of nitrogens with zero attached hydrogens (tertiary/aromatic N) is 1. The fourth-order valence-corrected chi connectivity index (χ4v) is 2.83. The SMILES string of the molecule is COc1ccc(NC(=O)/C(=C\c2cccc([N+](=O)[O-])c2)NC(=O)c2ccc(C)cc2)cc1. The van der Waals surface area contributed by atoms with Crippen molar-refractivity contribution in [1.29, 1.82) is 0 Å². The Labute approximate surface area is 184 Å². The van der Waals surface area contributed by atoms with Gasteiger partial charge in [-0.05, 0) is 55.0 Å². The van der Waals surface area contributed by atoms with Crippen molar-refractivity contribution in [2.45, 2.75) is 6.92 Å². The fourth-order valence-electron chi connectivity index (χ4n) is 2.83. The van der Waals surface area contributed by atoms with E-state index in [9.17, 15) is 19.7 Å². The molecule has 0 saturated heterocycles. The lowest BCUT2D eigenvalue weighted by Crippen LogP contribution is -2.30. The van der Waals surface area contributed by atoms with E-state index in [1.165, 1.54) is 31.4 Å². The number of carbonyl (C=O) groups excluding carboxylic acids is 2. The second kappa shape index (κ2) is 10.0. The summed E-state index contributed by atoms with van der Waals surface area (Å²) in [6.07, 6.45) is 1.39. The van der Waals surface area contributed by atoms with Gasteiger partial charge in [-0.3, -0.25) is 19.7 Å². The van der Waals surface area contributed by atoms with Gasteiger partial charge in [0, 0.05) is 23.4 Å². The Hall–Kier alpha value is -4.46. The molecule has 0 spiro atoms. The summed E-state index contributed by atoms with van der Waals surface area (Å²) < 4.78 is 5.10. The van der Waals surface area contributed by atoms with Crippen molar-refractivity contribution in [3.8, 4) is 5.75 Å². The highest BCUT2D eigenvalue weighted by Crippen LogP contribution is 2.18. The number of nitro groups is 1. The summed E-state index contributed by atoms with van der Waals surface area (Å²) in [7, 11) is 1.54. The normalized spacial score (nSPS) is 10.9. The van der Waals surface area contributed by atoms with Crippen molar-refractivity contribution >= 4 is 29.3 Å². The molecule has 8 nitrogen and oxygen atoms in total. The first-order valence-corrected chi connectivity index (χ1v) is 9.65. The number of hydrogen-bond donors (Lipinski definition) is 2. The van der Waals surface area contributed by atoms with Gasteiger partial charge in [0.25, 0.3) is 17.5 Å². The molecule has 2 N–H and O–H groups in total. The summed E-state index contributed by atoms with van der Waals surface area (Å²) in [5.74, 6) is -0.434. The Morgan fingerprint density at radius 1 is 1.00 bits per heavy atom. The van der Waals surface area contributed by atoms with Crippen molar-refractivity contribution in [3.63, 3.8) is 0 Å². The zero-order valence-electron chi connectivity index (χ0n) is 17.5. The van der Waals surface area contributed by atoms with Gasteiger partial charge in [-0.15, -0.1) is 0 Å². The second-order valence-electron chi connectivity index (χ2n) is 6.91. The molecule has 2 amide bonds. The molecule has 0 saturated carbocycles. The molecule has 0 atom stereocenters. The molecule has 0 fully saturated rings. The van der Waals surface area contributed by atoms with Gasteiger partial charge >= 0.3 is 0 Å². The molecule has 0 aliphatic rings. The highest BCUT2D eigenvalue weighted by molar-refractivity contribution is 6.10. The molecule has 32 heavy (non-hydrogen) atoms. The van der Waals surface area contributed by atoms with Crippen LogP contribution < -0.4 is 15.4 Å². The monoisotopic (exact) mass is 431 g/mol. The first-order valence-electron chi connectivity index (χ1n) is 9.65. The molecule has 162 valence electrons. The molecule has 0 heterocycles. The molecule has 0 aromatic heterocycles. The van der Waals surface area contributed by atoms with Crippen LogP contribution in [0.3, 0.4) is 0 Å². The van der Waals surface area contributed by atoms with E-state index in [1.807, 2.05) is 6.92 Å². The van der Waals surface area contributed by atoms with Gasteiger partial charge in [0.1, 0.15) is 11.4 Å². The summed E-state index contributed by atoms with van der Waals surface area (Å²) >= 11 is 0. The van der Waals surface area contributed by atoms with E-state index in [0.717, 1.165) is 5.56 Å². The number of anilines is 1. The number of methoxy groups -OCH3 is 1. The van der Waals surface area contributed by atoms with Crippen LogP contribution in [0, 0.1) is 17.0 Å². The standard InChI is InChI=1S/C24H21N3O5/c1-16-6-8-18(9-7-16)23(28)26-22(15-17-4-3-5-20(14-17)27(30)31)24(29)25-19-10-12-21(32-2)13-11-19/h3-15H,1-2H3,(H,25,29)(H,26,28)/b22-15+. The summed E-state index contributed by atoms with van der Waals surface area (Å²) in [6.45, 7) is 1.90. The summed E-state index contributed by atoms with van der Waals surface area (Å²) in [5.41, 5.74) is 2.06. The molecule has 3 aromatic rings. The van der Waals surface area contributed by atoms with Crippen LogP contribution in [0.2, 0.25) is 0 Å². The topological polar surface area (TPSA) is 111 Å². The number of amides is 2. The number of nitrogens with one attached hydrogen (secondary N) is 2. The zero-order chi connectivity index (χ0) is 23.1. The highest BCUT2D eigenvalue weighted by Gasteiger charge is 2.16. The average Bonchev–Trinajstić information content (AvgIpc) is 2.79. The summed E-state index contributed by atoms with van der Waals surface area (Å²) in [6, 6.07) is 19.3. The predicted molar refractivity (Wildman–Crippen MR) is 121 cm³/mol. The minimum atomic E-state index is -0.581. The van der Waals surface area contributed by atoms with Crippen LogP contribution in [0.15, 0.2) is 78.5 Å². The lowest BCUT2D eigenvalue weighted by molar-refractivity contribution is -0.384. The maximum Gasteiger partial charge on any atom is 0.272 e. The molecule has 3 aromatic carbocycles. The minimum Gasteiger partial charge on any atom is -0.497 e. The predicted octanol–water partition coefficient (Wildman–Crippen LogP) is 4.32. The average molecular weight is 431 g/mol. The molecular weight excluding hydrogens is 410 g/mol. The Morgan fingerprint density at radius 2 is 1.69 bits per heavy atom. The van der Waals surface area contributed by atoms with Gasteiger partial charge in [0.2, 0.25) is 0 Å². The van der Waals surface area contributed by atoms with Crippen LogP contribution in [0.4, 0.5) is 11.4 Å². The molecule has 0 aliphatic carbocycles. The van der Waals surface area contributed by atoms with Gasteiger partial charge < -0.3 is 15.4 Å². The Kier molecular flexibility index (Phi) is 6.97. The van der Waals surface area contributed by atoms with Crippen LogP contribution in [0.25, 0.3) is 6.08 Å². The second-order valence-corrected chi connectivity index (χ2v) is 6.91. The van der Waals surface area contributed by atoms with E-state index in [4.69, 9.17) is 4.74 Å². The molecule has 0 aliphatic heterocycles. The number of non-ortho nitro benzene ring substituents is 1. The van der Waals surface area contributed by atoms with E-state index in [1.54, 1.807) is 54.6 Å². The van der Waals surface area contributed by atoms with Crippen molar-refractivity contribution in [2.75, 3.05) is 12.4 Å². The van der Waals surface area contributed by atoms with Crippen LogP contribution in [0.5, 0.6) is 5.75 Å². The number of hydrogen-bond acceptors (Lipinski definition) is 5. The smallest absolute Gasteiger partial charge is 0.272 e. The molecule has 8 heteroatoms. The van der Waals surface area contributed by atoms with E-state index in [-0.39, 0.29) is 11.4 Å². The molecule has 0 unspecified atom stereocenters. The van der Waals surface area contributed by atoms with Crippen LogP contribution in [0.1, 0.15) is 21.5 Å². The van der Waals surface area contributed by atoms with E-state index in [2.05, 4.69) is 10.6 Å². The van der Waals surface area contributed by atoms with E-state index < -0.39 is 16.7 Å². The van der Waals surface area contributed by atoms with Gasteiger partial charge in [0.15, 0.2) is 0 Å². The van der Waals surface area contributed by atoms with Crippen molar-refractivity contribution in [1.82, 2.24) is 5.32 Å². The Bertz CT molecular complexity index is 1170. The number of benzene rings is 3. The number of rotatable bonds is 7. The number of carbonyl (C=O) groups is 2. The van der Waals surface area contributed by atoms with Crippen molar-refractivity contribution < 1.29 is 19.2 Å². The molecular formula is C24H21N3O5. The lowest BCUT2D eigenvalue weighted by Gasteiger charge is -2.12. The van der Waals surface area contributed by atoms with Gasteiger partial charge in [-0.2, -0.15) is 0 Å². The largest absolute Gasteiger partial charge is 0.497 e. The Morgan fingerprint density at radius 3 is 2.31 bits per heavy atom. The number of ether oxygens (including phenoxy) is 1. The van der Waals surface area contributed by atoms with Gasteiger partial charge in [-0.25, -0.2) is 0 Å². The molecule has 0 radical (unpaired) electrons. The maximum atomic E-state index is 13.0. The maximum absolute atomic E-state index is 13.0.